The van der Waals surface area contributed by atoms with E-state index in [9.17, 15) is 9.59 Å². The smallest absolute Gasteiger partial charge is 0.314 e. The van der Waals surface area contributed by atoms with Crippen LogP contribution < -0.4 is 17.2 Å². The molecule has 0 saturated carbocycles. The van der Waals surface area contributed by atoms with E-state index in [0.717, 1.165) is 12.8 Å². The summed E-state index contributed by atoms with van der Waals surface area (Å²) in [5.41, 5.74) is 15.8. The minimum Gasteiger partial charge on any atom is -0.370 e. The van der Waals surface area contributed by atoms with E-state index in [0.29, 0.717) is 19.4 Å². The summed E-state index contributed by atoms with van der Waals surface area (Å²) in [7, 11) is 1.64. The van der Waals surface area contributed by atoms with Crippen LogP contribution in [0.15, 0.2) is 0 Å². The van der Waals surface area contributed by atoms with Gasteiger partial charge >= 0.3 is 6.03 Å². The van der Waals surface area contributed by atoms with Crippen LogP contribution in [-0.4, -0.2) is 36.5 Å². The molecule has 6 heteroatoms. The molecule has 0 aromatic carbocycles. The summed E-state index contributed by atoms with van der Waals surface area (Å²) in [5.74, 6) is -0.334. The van der Waals surface area contributed by atoms with Crippen molar-refractivity contribution < 1.29 is 9.59 Å². The first-order chi connectivity index (χ1) is 6.93. The van der Waals surface area contributed by atoms with Crippen molar-refractivity contribution in [3.8, 4) is 0 Å². The SMILES string of the molecule is CN(CCCC(N)CCC(N)=O)C(N)=O. The van der Waals surface area contributed by atoms with Crippen molar-refractivity contribution in [2.45, 2.75) is 31.7 Å². The van der Waals surface area contributed by atoms with Crippen molar-refractivity contribution in [3.63, 3.8) is 0 Å². The molecule has 15 heavy (non-hydrogen) atoms. The molecular formula is C9H20N4O2. The second-order valence-corrected chi connectivity index (χ2v) is 3.67. The molecule has 0 rings (SSSR count). The highest BCUT2D eigenvalue weighted by atomic mass is 16.2. The summed E-state index contributed by atoms with van der Waals surface area (Å²) in [6.07, 6.45) is 2.44. The Bertz CT molecular complexity index is 220. The van der Waals surface area contributed by atoms with E-state index in [4.69, 9.17) is 17.2 Å². The van der Waals surface area contributed by atoms with Crippen LogP contribution in [0.2, 0.25) is 0 Å². The molecule has 3 amide bonds. The monoisotopic (exact) mass is 216 g/mol. The largest absolute Gasteiger partial charge is 0.370 e. The van der Waals surface area contributed by atoms with Crippen molar-refractivity contribution in [2.75, 3.05) is 13.6 Å². The first-order valence-corrected chi connectivity index (χ1v) is 4.98. The third-order valence-corrected chi connectivity index (χ3v) is 2.21. The molecule has 0 radical (unpaired) electrons. The van der Waals surface area contributed by atoms with Gasteiger partial charge in [0.15, 0.2) is 0 Å². The Kier molecular flexibility index (Phi) is 6.44. The van der Waals surface area contributed by atoms with E-state index in [2.05, 4.69) is 0 Å². The van der Waals surface area contributed by atoms with Crippen molar-refractivity contribution >= 4 is 11.9 Å². The van der Waals surface area contributed by atoms with Gasteiger partial charge in [-0.25, -0.2) is 4.79 Å². The minimum absolute atomic E-state index is 0.0428. The van der Waals surface area contributed by atoms with Gasteiger partial charge in [-0.05, 0) is 19.3 Å². The van der Waals surface area contributed by atoms with E-state index < -0.39 is 6.03 Å². The Hall–Kier alpha value is -1.30. The third-order valence-electron chi connectivity index (χ3n) is 2.21. The molecule has 1 atom stereocenters. The highest BCUT2D eigenvalue weighted by Crippen LogP contribution is 2.02. The fourth-order valence-electron chi connectivity index (χ4n) is 1.17. The lowest BCUT2D eigenvalue weighted by Gasteiger charge is -2.15. The summed E-state index contributed by atoms with van der Waals surface area (Å²) < 4.78 is 0. The van der Waals surface area contributed by atoms with Crippen LogP contribution in [-0.2, 0) is 4.79 Å². The number of hydrogen-bond acceptors (Lipinski definition) is 3. The van der Waals surface area contributed by atoms with Gasteiger partial charge in [-0.1, -0.05) is 0 Å². The number of nitrogens with zero attached hydrogens (tertiary/aromatic N) is 1. The number of primary amides is 2. The van der Waals surface area contributed by atoms with Gasteiger partial charge in [0.1, 0.15) is 0 Å². The lowest BCUT2D eigenvalue weighted by atomic mass is 10.1. The molecule has 0 fully saturated rings. The predicted molar refractivity (Wildman–Crippen MR) is 57.9 cm³/mol. The second kappa shape index (κ2) is 7.05. The topological polar surface area (TPSA) is 115 Å². The Labute approximate surface area is 89.8 Å². The Balaban J connectivity index is 3.50. The molecule has 0 bridgehead atoms. The highest BCUT2D eigenvalue weighted by molar-refractivity contribution is 5.73. The second-order valence-electron chi connectivity index (χ2n) is 3.67. The fraction of sp³-hybridized carbons (Fsp3) is 0.778. The van der Waals surface area contributed by atoms with Crippen molar-refractivity contribution in [2.24, 2.45) is 17.2 Å². The number of hydrogen-bond donors (Lipinski definition) is 3. The first-order valence-electron chi connectivity index (χ1n) is 4.98. The quantitative estimate of drug-likeness (QED) is 0.526. The molecule has 0 aliphatic carbocycles. The van der Waals surface area contributed by atoms with Gasteiger partial charge < -0.3 is 22.1 Å². The zero-order valence-corrected chi connectivity index (χ0v) is 9.11. The van der Waals surface area contributed by atoms with E-state index in [1.807, 2.05) is 0 Å². The van der Waals surface area contributed by atoms with E-state index in [1.54, 1.807) is 7.05 Å². The van der Waals surface area contributed by atoms with E-state index >= 15 is 0 Å². The lowest BCUT2D eigenvalue weighted by Crippen LogP contribution is -2.33. The van der Waals surface area contributed by atoms with E-state index in [1.165, 1.54) is 4.90 Å². The zero-order chi connectivity index (χ0) is 11.8. The molecule has 0 aliphatic rings. The van der Waals surface area contributed by atoms with Crippen LogP contribution in [0.4, 0.5) is 4.79 Å². The van der Waals surface area contributed by atoms with Crippen LogP contribution in [0.25, 0.3) is 0 Å². The summed E-state index contributed by atoms with van der Waals surface area (Å²) in [4.78, 5) is 22.5. The van der Waals surface area contributed by atoms with Gasteiger partial charge in [0.2, 0.25) is 5.91 Å². The maximum absolute atomic E-state index is 10.6. The van der Waals surface area contributed by atoms with Crippen LogP contribution in [0.3, 0.4) is 0 Å². The molecule has 0 aromatic heterocycles. The first kappa shape index (κ1) is 13.7. The van der Waals surface area contributed by atoms with Crippen LogP contribution in [0.5, 0.6) is 0 Å². The van der Waals surface area contributed by atoms with Gasteiger partial charge in [0, 0.05) is 26.1 Å². The molecular weight excluding hydrogens is 196 g/mol. The molecule has 6 N–H and O–H groups in total. The van der Waals surface area contributed by atoms with Crippen molar-refractivity contribution in [1.82, 2.24) is 4.90 Å². The highest BCUT2D eigenvalue weighted by Gasteiger charge is 2.07. The van der Waals surface area contributed by atoms with Crippen molar-refractivity contribution in [3.05, 3.63) is 0 Å². The number of carbonyl (C=O) groups is 2. The molecule has 0 aromatic rings. The summed E-state index contributed by atoms with van der Waals surface area (Å²) in [6, 6.07) is -0.487. The molecule has 0 aliphatic heterocycles. The molecule has 6 nitrogen and oxygen atoms in total. The van der Waals surface area contributed by atoms with Gasteiger partial charge in [-0.3, -0.25) is 4.79 Å². The summed E-state index contributed by atoms with van der Waals surface area (Å²) in [6.45, 7) is 0.583. The average molecular weight is 216 g/mol. The van der Waals surface area contributed by atoms with Gasteiger partial charge in [0.25, 0.3) is 0 Å². The fourth-order valence-corrected chi connectivity index (χ4v) is 1.17. The number of nitrogens with two attached hydrogens (primary N) is 3. The minimum atomic E-state index is -0.444. The normalized spacial score (nSPS) is 12.1. The van der Waals surface area contributed by atoms with Gasteiger partial charge in [-0.15, -0.1) is 0 Å². The molecule has 0 heterocycles. The zero-order valence-electron chi connectivity index (χ0n) is 9.11. The standard InChI is InChI=1S/C9H20N4O2/c1-13(9(12)15)6-2-3-7(10)4-5-8(11)14/h7H,2-6,10H2,1H3,(H2,11,14)(H2,12,15). The number of amides is 3. The maximum Gasteiger partial charge on any atom is 0.314 e. The van der Waals surface area contributed by atoms with Crippen LogP contribution >= 0.6 is 0 Å². The number of urea groups is 1. The summed E-state index contributed by atoms with van der Waals surface area (Å²) >= 11 is 0. The maximum atomic E-state index is 10.6. The third kappa shape index (κ3) is 7.75. The molecule has 0 spiro atoms. The van der Waals surface area contributed by atoms with Crippen LogP contribution in [0.1, 0.15) is 25.7 Å². The molecule has 1 unspecified atom stereocenters. The predicted octanol–water partition coefficient (Wildman–Crippen LogP) is -0.630. The Morgan fingerprint density at radius 2 is 1.87 bits per heavy atom. The van der Waals surface area contributed by atoms with E-state index in [-0.39, 0.29) is 11.9 Å². The lowest BCUT2D eigenvalue weighted by molar-refractivity contribution is -0.118. The Morgan fingerprint density at radius 3 is 2.33 bits per heavy atom. The molecule has 0 saturated heterocycles. The van der Waals surface area contributed by atoms with Gasteiger partial charge in [-0.2, -0.15) is 0 Å². The number of rotatable bonds is 7. The van der Waals surface area contributed by atoms with Crippen LogP contribution in [0, 0.1) is 0 Å². The Morgan fingerprint density at radius 1 is 1.27 bits per heavy atom. The average Bonchev–Trinajstić information content (AvgIpc) is 2.14. The molecule has 88 valence electrons. The van der Waals surface area contributed by atoms with Crippen molar-refractivity contribution in [1.29, 1.82) is 0 Å². The van der Waals surface area contributed by atoms with Gasteiger partial charge in [0.05, 0.1) is 0 Å². The summed E-state index contributed by atoms with van der Waals surface area (Å²) in [5, 5.41) is 0. The number of carbonyl (C=O) groups excluding carboxylic acids is 2.